The minimum atomic E-state index is -0.239. The van der Waals surface area contributed by atoms with Crippen LogP contribution in [0.3, 0.4) is 0 Å². The Bertz CT molecular complexity index is 4610. The standard InChI is InChI=1S/C92H98N2/c1-17-89(11,12)64-38-50-70(51-39-64)93(68-46-34-62(35-47-68)86(2,3)4)66-42-30-60(31-43-66)61-32-44-67(45-33-61)94(69-48-36-63(37-49-69)87(5,6)7)71-52-40-65(41-53-71)90(13,14)80-56-54-76-77-55-57-81(79-29-23-59-92(85(77)79)58-22-28-78(80)84(76)92)91(15,16)83-74-26-20-18-24-72(74)82(88(8,9)10)73-25-19-21-27-75(73)83/h18-21,24-27,30-57H,17,22-23,28-29,58-59H2,1-16H3. The molecular formula is C92H98N2. The molecule has 2 heteroatoms. The summed E-state index contributed by atoms with van der Waals surface area (Å²) < 4.78 is 0. The first-order chi connectivity index (χ1) is 44.7. The Labute approximate surface area is 563 Å². The molecule has 3 aliphatic rings. The van der Waals surface area contributed by atoms with Crippen molar-refractivity contribution in [2.75, 3.05) is 9.80 Å². The molecule has 0 aliphatic heterocycles. The predicted molar refractivity (Wildman–Crippen MR) is 405 cm³/mol. The van der Waals surface area contributed by atoms with Gasteiger partial charge in [0, 0.05) is 50.4 Å². The van der Waals surface area contributed by atoms with E-state index in [9.17, 15) is 0 Å². The van der Waals surface area contributed by atoms with E-state index in [4.69, 9.17) is 0 Å². The molecule has 0 bridgehead atoms. The molecule has 476 valence electrons. The molecule has 11 aromatic carbocycles. The van der Waals surface area contributed by atoms with Crippen molar-refractivity contribution < 1.29 is 0 Å². The Morgan fingerprint density at radius 3 is 0.979 bits per heavy atom. The maximum Gasteiger partial charge on any atom is 0.0462 e. The summed E-state index contributed by atoms with van der Waals surface area (Å²) in [6.45, 7) is 37.9. The number of nitrogens with zero attached hydrogens (tertiary/aromatic N) is 2. The molecule has 0 fully saturated rings. The number of benzene rings is 11. The molecule has 14 rings (SSSR count). The second kappa shape index (κ2) is 22.9. The van der Waals surface area contributed by atoms with E-state index in [0.717, 1.165) is 53.4 Å². The van der Waals surface area contributed by atoms with Crippen LogP contribution in [0.15, 0.2) is 218 Å². The number of hydrogen-bond acceptors (Lipinski definition) is 2. The van der Waals surface area contributed by atoms with E-state index in [1.807, 2.05) is 0 Å². The molecule has 1 unspecified atom stereocenters. The van der Waals surface area contributed by atoms with Crippen molar-refractivity contribution in [3.05, 3.63) is 285 Å². The zero-order valence-corrected chi connectivity index (χ0v) is 59.1. The van der Waals surface area contributed by atoms with E-state index in [1.165, 1.54) is 114 Å². The summed E-state index contributed by atoms with van der Waals surface area (Å²) in [5.74, 6) is 0. The van der Waals surface area contributed by atoms with Crippen LogP contribution < -0.4 is 9.80 Å². The fraction of sp³-hybridized carbons (Fsp3) is 0.326. The van der Waals surface area contributed by atoms with Gasteiger partial charge in [-0.1, -0.05) is 256 Å². The van der Waals surface area contributed by atoms with Gasteiger partial charge in [-0.3, -0.25) is 0 Å². The molecule has 2 nitrogen and oxygen atoms in total. The average molecular weight is 1230 g/mol. The molecule has 1 atom stereocenters. The van der Waals surface area contributed by atoms with Crippen LogP contribution in [-0.2, 0) is 50.7 Å². The predicted octanol–water partition coefficient (Wildman–Crippen LogP) is 25.8. The van der Waals surface area contributed by atoms with Crippen molar-refractivity contribution >= 4 is 55.7 Å². The molecule has 0 radical (unpaired) electrons. The van der Waals surface area contributed by atoms with Gasteiger partial charge in [0.1, 0.15) is 0 Å². The summed E-state index contributed by atoms with van der Waals surface area (Å²) in [6, 6.07) is 84.3. The van der Waals surface area contributed by atoms with Gasteiger partial charge < -0.3 is 9.80 Å². The summed E-state index contributed by atoms with van der Waals surface area (Å²) in [7, 11) is 0. The Morgan fingerprint density at radius 2 is 0.638 bits per heavy atom. The van der Waals surface area contributed by atoms with Crippen molar-refractivity contribution in [3.63, 3.8) is 0 Å². The third-order valence-corrected chi connectivity index (χ3v) is 22.8. The summed E-state index contributed by atoms with van der Waals surface area (Å²) in [5.41, 5.74) is 29.8. The fourth-order valence-electron chi connectivity index (χ4n) is 17.3. The lowest BCUT2D eigenvalue weighted by atomic mass is 9.59. The van der Waals surface area contributed by atoms with Gasteiger partial charge in [0.2, 0.25) is 0 Å². The van der Waals surface area contributed by atoms with Gasteiger partial charge in [-0.25, -0.2) is 0 Å². The lowest BCUT2D eigenvalue weighted by molar-refractivity contribution is 0.372. The van der Waals surface area contributed by atoms with Gasteiger partial charge in [0.15, 0.2) is 0 Å². The Balaban J connectivity index is 0.785. The van der Waals surface area contributed by atoms with Crippen LogP contribution in [0.1, 0.15) is 210 Å². The molecular weight excluding hydrogens is 1130 g/mol. The van der Waals surface area contributed by atoms with Crippen molar-refractivity contribution in [1.82, 2.24) is 0 Å². The molecule has 1 spiro atoms. The average Bonchev–Trinajstić information content (AvgIpc) is 1.48. The van der Waals surface area contributed by atoms with Crippen LogP contribution in [0.4, 0.5) is 34.1 Å². The van der Waals surface area contributed by atoms with Gasteiger partial charge in [-0.15, -0.1) is 0 Å². The molecule has 94 heavy (non-hydrogen) atoms. The van der Waals surface area contributed by atoms with Gasteiger partial charge in [0.25, 0.3) is 0 Å². The lowest BCUT2D eigenvalue weighted by Gasteiger charge is -2.44. The summed E-state index contributed by atoms with van der Waals surface area (Å²) in [4.78, 5) is 4.83. The topological polar surface area (TPSA) is 6.48 Å². The van der Waals surface area contributed by atoms with Crippen molar-refractivity contribution in [3.8, 4) is 22.3 Å². The van der Waals surface area contributed by atoms with Crippen LogP contribution in [-0.4, -0.2) is 0 Å². The molecule has 0 amide bonds. The third-order valence-electron chi connectivity index (χ3n) is 22.8. The van der Waals surface area contributed by atoms with E-state index in [1.54, 1.807) is 22.3 Å². The SMILES string of the molecule is CCC(C)(C)c1ccc(N(c2ccc(-c3ccc(N(c4ccc(C(C)(C)C)cc4)c4ccc(C(C)(C)c5ccc6c7c5CCCC75CCCc7c(C(C)(C)c8c9ccccc9c(C(C)(C)C)c9ccccc89)ccc-6c75)cc4)cc3)cc2)c2ccc(C(C)(C)C)cc2)cc1. The zero-order chi connectivity index (χ0) is 66.1. The number of hydrogen-bond donors (Lipinski definition) is 0. The summed E-state index contributed by atoms with van der Waals surface area (Å²) in [6.07, 6.45) is 8.21. The normalized spacial score (nSPS) is 15.7. The first kappa shape index (κ1) is 63.0. The van der Waals surface area contributed by atoms with Crippen molar-refractivity contribution in [1.29, 1.82) is 0 Å². The maximum absolute atomic E-state index is 2.56. The molecule has 0 N–H and O–H groups in total. The number of fused-ring (bicyclic) bond motifs is 3. The van der Waals surface area contributed by atoms with E-state index < -0.39 is 0 Å². The smallest absolute Gasteiger partial charge is 0.0462 e. The Hall–Kier alpha value is -8.46. The van der Waals surface area contributed by atoms with Crippen molar-refractivity contribution in [2.24, 2.45) is 0 Å². The highest BCUT2D eigenvalue weighted by Crippen LogP contribution is 2.63. The minimum Gasteiger partial charge on any atom is -0.311 e. The lowest BCUT2D eigenvalue weighted by Crippen LogP contribution is -2.36. The first-order valence-electron chi connectivity index (χ1n) is 35.2. The number of anilines is 6. The third kappa shape index (κ3) is 10.5. The van der Waals surface area contributed by atoms with E-state index in [0.29, 0.717) is 0 Å². The van der Waals surface area contributed by atoms with Crippen LogP contribution >= 0.6 is 0 Å². The molecule has 0 saturated carbocycles. The second-order valence-corrected chi connectivity index (χ2v) is 32.8. The highest BCUT2D eigenvalue weighted by molar-refractivity contribution is 6.08. The molecule has 0 saturated heterocycles. The van der Waals surface area contributed by atoms with Gasteiger partial charge >= 0.3 is 0 Å². The minimum absolute atomic E-state index is 0.00656. The zero-order valence-electron chi connectivity index (χ0n) is 59.1. The van der Waals surface area contributed by atoms with Crippen molar-refractivity contribution in [2.45, 2.75) is 194 Å². The van der Waals surface area contributed by atoms with E-state index in [2.05, 4.69) is 339 Å². The van der Waals surface area contributed by atoms with Crippen LogP contribution in [0.25, 0.3) is 43.8 Å². The fourth-order valence-corrected chi connectivity index (χ4v) is 17.3. The quantitative estimate of drug-likeness (QED) is 0.106. The monoisotopic (exact) mass is 1230 g/mol. The largest absolute Gasteiger partial charge is 0.311 e. The first-order valence-corrected chi connectivity index (χ1v) is 35.2. The van der Waals surface area contributed by atoms with Gasteiger partial charge in [-0.2, -0.15) is 0 Å². The highest BCUT2D eigenvalue weighted by Gasteiger charge is 2.51. The maximum atomic E-state index is 2.56. The van der Waals surface area contributed by atoms with E-state index in [-0.39, 0.29) is 37.9 Å². The molecule has 11 aromatic rings. The molecule has 3 aliphatic carbocycles. The summed E-state index contributed by atoms with van der Waals surface area (Å²) >= 11 is 0. The molecule has 0 heterocycles. The number of rotatable bonds is 13. The van der Waals surface area contributed by atoms with Gasteiger partial charge in [-0.05, 0) is 250 Å². The highest BCUT2D eigenvalue weighted by atomic mass is 15.1. The Kier molecular flexibility index (Phi) is 15.3. The Morgan fingerprint density at radius 1 is 0.319 bits per heavy atom. The van der Waals surface area contributed by atoms with Gasteiger partial charge in [0.05, 0.1) is 0 Å². The van der Waals surface area contributed by atoms with Crippen LogP contribution in [0.2, 0.25) is 0 Å². The summed E-state index contributed by atoms with van der Waals surface area (Å²) in [5, 5.41) is 5.56. The van der Waals surface area contributed by atoms with Crippen LogP contribution in [0, 0.1) is 0 Å². The van der Waals surface area contributed by atoms with Crippen LogP contribution in [0.5, 0.6) is 0 Å². The second-order valence-electron chi connectivity index (χ2n) is 32.8. The van der Waals surface area contributed by atoms with E-state index >= 15 is 0 Å². The molecule has 0 aromatic heterocycles.